The molecule has 0 radical (unpaired) electrons. The first-order valence-electron chi connectivity index (χ1n) is 9.53. The number of rotatable bonds is 5. The van der Waals surface area contributed by atoms with Gasteiger partial charge in [0.25, 0.3) is 5.91 Å². The summed E-state index contributed by atoms with van der Waals surface area (Å²) in [7, 11) is 1.59. The molecule has 0 aliphatic carbocycles. The van der Waals surface area contributed by atoms with Crippen LogP contribution < -0.4 is 10.1 Å². The van der Waals surface area contributed by atoms with E-state index in [1.54, 1.807) is 25.3 Å². The normalized spacial score (nSPS) is 10.9. The van der Waals surface area contributed by atoms with Gasteiger partial charge in [-0.3, -0.25) is 4.79 Å². The highest BCUT2D eigenvalue weighted by molar-refractivity contribution is 9.10. The van der Waals surface area contributed by atoms with Gasteiger partial charge in [0.05, 0.1) is 11.6 Å². The number of hydrogen-bond acceptors (Lipinski definition) is 4. The second-order valence-corrected chi connectivity index (χ2v) is 8.04. The molecule has 4 rings (SSSR count). The molecule has 6 heteroatoms. The third-order valence-electron chi connectivity index (χ3n) is 5.03. The highest BCUT2D eigenvalue weighted by atomic mass is 79.9. The van der Waals surface area contributed by atoms with Gasteiger partial charge in [-0.2, -0.15) is 0 Å². The maximum Gasteiger partial charge on any atom is 0.255 e. The highest BCUT2D eigenvalue weighted by Crippen LogP contribution is 2.26. The Hall–Kier alpha value is -3.12. The fourth-order valence-electron chi connectivity index (χ4n) is 3.19. The summed E-state index contributed by atoms with van der Waals surface area (Å²) in [6, 6.07) is 17.0. The van der Waals surface area contributed by atoms with Crippen molar-refractivity contribution >= 4 is 38.6 Å². The maximum atomic E-state index is 12.5. The minimum Gasteiger partial charge on any atom is -0.496 e. The van der Waals surface area contributed by atoms with E-state index in [1.807, 2.05) is 36.4 Å². The van der Waals surface area contributed by atoms with Crippen molar-refractivity contribution in [1.29, 1.82) is 0 Å². The minimum atomic E-state index is -0.184. The van der Waals surface area contributed by atoms with Crippen molar-refractivity contribution in [2.45, 2.75) is 20.3 Å². The molecule has 0 saturated carbocycles. The van der Waals surface area contributed by atoms with Crippen molar-refractivity contribution in [2.75, 3.05) is 12.4 Å². The largest absolute Gasteiger partial charge is 0.496 e. The number of aryl methyl sites for hydroxylation is 2. The minimum absolute atomic E-state index is 0.184. The molecule has 0 bridgehead atoms. The number of anilines is 1. The van der Waals surface area contributed by atoms with Crippen LogP contribution in [0.4, 0.5) is 5.69 Å². The van der Waals surface area contributed by atoms with Crippen molar-refractivity contribution in [2.24, 2.45) is 0 Å². The molecule has 0 atom stereocenters. The van der Waals surface area contributed by atoms with Gasteiger partial charge in [0.15, 0.2) is 11.5 Å². The molecule has 1 N–H and O–H groups in total. The molecule has 0 aliphatic heterocycles. The fourth-order valence-corrected chi connectivity index (χ4v) is 3.74. The van der Waals surface area contributed by atoms with E-state index in [2.05, 4.69) is 40.1 Å². The summed E-state index contributed by atoms with van der Waals surface area (Å²) in [6.07, 6.45) is 0.590. The number of ether oxygens (including phenoxy) is 1. The zero-order chi connectivity index (χ0) is 21.3. The summed E-state index contributed by atoms with van der Waals surface area (Å²) in [5, 5.41) is 2.91. The van der Waals surface area contributed by atoms with Gasteiger partial charge in [-0.1, -0.05) is 12.1 Å². The summed E-state index contributed by atoms with van der Waals surface area (Å²) >= 11 is 3.40. The van der Waals surface area contributed by atoms with Crippen LogP contribution in [-0.4, -0.2) is 18.0 Å². The third kappa shape index (κ3) is 4.24. The van der Waals surface area contributed by atoms with Gasteiger partial charge in [-0.05, 0) is 88.9 Å². The summed E-state index contributed by atoms with van der Waals surface area (Å²) in [5.41, 5.74) is 6.40. The number of carbonyl (C=O) groups is 1. The molecule has 0 saturated heterocycles. The van der Waals surface area contributed by atoms with Crippen LogP contribution in [-0.2, 0) is 6.42 Å². The summed E-state index contributed by atoms with van der Waals surface area (Å²) in [4.78, 5) is 17.1. The molecule has 0 aliphatic rings. The molecule has 0 unspecified atom stereocenters. The second kappa shape index (κ2) is 8.32. The van der Waals surface area contributed by atoms with Gasteiger partial charge in [0.1, 0.15) is 11.3 Å². The number of benzene rings is 3. The van der Waals surface area contributed by atoms with E-state index in [9.17, 15) is 4.79 Å². The van der Waals surface area contributed by atoms with Crippen LogP contribution in [0.5, 0.6) is 5.75 Å². The number of hydrogen-bond donors (Lipinski definition) is 1. The van der Waals surface area contributed by atoms with Crippen molar-refractivity contribution < 1.29 is 13.9 Å². The van der Waals surface area contributed by atoms with Crippen LogP contribution in [0.15, 0.2) is 63.5 Å². The molecule has 152 valence electrons. The van der Waals surface area contributed by atoms with Crippen molar-refractivity contribution in [3.05, 3.63) is 87.2 Å². The lowest BCUT2D eigenvalue weighted by atomic mass is 10.1. The number of oxazole rings is 1. The smallest absolute Gasteiger partial charge is 0.255 e. The zero-order valence-electron chi connectivity index (χ0n) is 17.0. The van der Waals surface area contributed by atoms with E-state index in [1.165, 1.54) is 11.1 Å². The SMILES string of the molecule is COc1ccc(C(=O)Nc2ccc(Cc3nc4cc(C)c(C)cc4o3)cc2)cc1Br. The standard InChI is InChI=1S/C24H21BrN2O3/c1-14-10-20-22(11-15(14)2)30-23(27-20)12-16-4-7-18(8-5-16)26-24(28)17-6-9-21(29-3)19(25)13-17/h4-11,13H,12H2,1-3H3,(H,26,28). The number of fused-ring (bicyclic) bond motifs is 1. The lowest BCUT2D eigenvalue weighted by Gasteiger charge is -2.08. The first-order chi connectivity index (χ1) is 14.4. The average Bonchev–Trinajstić information content (AvgIpc) is 3.10. The lowest BCUT2D eigenvalue weighted by Crippen LogP contribution is -2.11. The molecule has 1 heterocycles. The topological polar surface area (TPSA) is 64.4 Å². The fraction of sp³-hybridized carbons (Fsp3) is 0.167. The van der Waals surface area contributed by atoms with Gasteiger partial charge in [0.2, 0.25) is 0 Å². The number of nitrogens with zero attached hydrogens (tertiary/aromatic N) is 1. The Balaban J connectivity index is 1.45. The van der Waals surface area contributed by atoms with Crippen LogP contribution >= 0.6 is 15.9 Å². The molecular weight excluding hydrogens is 444 g/mol. The molecule has 3 aromatic carbocycles. The summed E-state index contributed by atoms with van der Waals surface area (Å²) in [6.45, 7) is 4.13. The number of carbonyl (C=O) groups excluding carboxylic acids is 1. The molecule has 1 amide bonds. The van der Waals surface area contributed by atoms with E-state index < -0.39 is 0 Å². The average molecular weight is 465 g/mol. The van der Waals surface area contributed by atoms with Gasteiger partial charge >= 0.3 is 0 Å². The van der Waals surface area contributed by atoms with Gasteiger partial charge in [0, 0.05) is 17.7 Å². The second-order valence-electron chi connectivity index (χ2n) is 7.19. The number of aromatic nitrogens is 1. The van der Waals surface area contributed by atoms with Crippen LogP contribution in [0.3, 0.4) is 0 Å². The predicted octanol–water partition coefficient (Wildman–Crippen LogP) is 6.06. The van der Waals surface area contributed by atoms with Crippen molar-refractivity contribution in [1.82, 2.24) is 4.98 Å². The predicted molar refractivity (Wildman–Crippen MR) is 121 cm³/mol. The van der Waals surface area contributed by atoms with Crippen LogP contribution in [0.25, 0.3) is 11.1 Å². The van der Waals surface area contributed by atoms with E-state index in [4.69, 9.17) is 9.15 Å². The highest BCUT2D eigenvalue weighted by Gasteiger charge is 2.11. The Morgan fingerprint density at radius 3 is 2.50 bits per heavy atom. The van der Waals surface area contributed by atoms with Gasteiger partial charge in [-0.25, -0.2) is 4.98 Å². The number of halogens is 1. The molecular formula is C24H21BrN2O3. The van der Waals surface area contributed by atoms with E-state index in [0.717, 1.165) is 26.8 Å². The number of methoxy groups -OCH3 is 1. The van der Waals surface area contributed by atoms with Crippen LogP contribution in [0, 0.1) is 13.8 Å². The summed E-state index contributed by atoms with van der Waals surface area (Å²) in [5.74, 6) is 1.17. The molecule has 0 fully saturated rings. The molecule has 5 nitrogen and oxygen atoms in total. The zero-order valence-corrected chi connectivity index (χ0v) is 18.5. The Labute approximate surface area is 183 Å². The van der Waals surface area contributed by atoms with Gasteiger partial charge in [-0.15, -0.1) is 0 Å². The third-order valence-corrected chi connectivity index (χ3v) is 5.65. The Kier molecular flexibility index (Phi) is 5.59. The van der Waals surface area contributed by atoms with E-state index in [0.29, 0.717) is 23.6 Å². The quantitative estimate of drug-likeness (QED) is 0.389. The molecule has 1 aromatic heterocycles. The monoisotopic (exact) mass is 464 g/mol. The molecule has 30 heavy (non-hydrogen) atoms. The molecule has 0 spiro atoms. The van der Waals surface area contributed by atoms with E-state index >= 15 is 0 Å². The Morgan fingerprint density at radius 1 is 1.07 bits per heavy atom. The lowest BCUT2D eigenvalue weighted by molar-refractivity contribution is 0.102. The van der Waals surface area contributed by atoms with Gasteiger partial charge < -0.3 is 14.5 Å². The maximum absolute atomic E-state index is 12.5. The van der Waals surface area contributed by atoms with Crippen molar-refractivity contribution in [3.8, 4) is 5.75 Å². The first-order valence-corrected chi connectivity index (χ1v) is 10.3. The van der Waals surface area contributed by atoms with Crippen LogP contribution in [0.1, 0.15) is 32.9 Å². The molecule has 4 aromatic rings. The summed E-state index contributed by atoms with van der Waals surface area (Å²) < 4.78 is 11.8. The van der Waals surface area contributed by atoms with Crippen LogP contribution in [0.2, 0.25) is 0 Å². The van der Waals surface area contributed by atoms with E-state index in [-0.39, 0.29) is 5.91 Å². The Morgan fingerprint density at radius 2 is 1.80 bits per heavy atom. The Bertz CT molecular complexity index is 1190. The first kappa shape index (κ1) is 20.2. The number of nitrogens with one attached hydrogen (secondary N) is 1. The van der Waals surface area contributed by atoms with Crippen molar-refractivity contribution in [3.63, 3.8) is 0 Å². The number of amides is 1.